The Morgan fingerprint density at radius 2 is 2.00 bits per heavy atom. The summed E-state index contributed by atoms with van der Waals surface area (Å²) in [4.78, 5) is 11.2. The predicted octanol–water partition coefficient (Wildman–Crippen LogP) is 3.32. The average molecular weight is 198 g/mol. The molecular formula is C12H22O2. The Labute approximate surface area is 87.3 Å². The van der Waals surface area contributed by atoms with Gasteiger partial charge in [-0.2, -0.15) is 0 Å². The molecule has 0 radical (unpaired) electrons. The van der Waals surface area contributed by atoms with Gasteiger partial charge in [-0.05, 0) is 19.3 Å². The van der Waals surface area contributed by atoms with E-state index in [4.69, 9.17) is 4.74 Å². The molecular weight excluding hydrogens is 176 g/mol. The molecule has 0 N–H and O–H groups in total. The number of carbonyl (C=O) groups excluding carboxylic acids is 1. The molecule has 0 atom stereocenters. The first-order valence-corrected chi connectivity index (χ1v) is 5.32. The number of carbonyl (C=O) groups is 1. The first kappa shape index (κ1) is 13.2. The third kappa shape index (κ3) is 9.30. The van der Waals surface area contributed by atoms with Crippen molar-refractivity contribution in [3.8, 4) is 0 Å². The van der Waals surface area contributed by atoms with Gasteiger partial charge in [0.1, 0.15) is 0 Å². The Bertz CT molecular complexity index is 183. The van der Waals surface area contributed by atoms with E-state index in [9.17, 15) is 4.79 Å². The van der Waals surface area contributed by atoms with Gasteiger partial charge in [-0.3, -0.25) is 4.79 Å². The first-order valence-electron chi connectivity index (χ1n) is 5.32. The van der Waals surface area contributed by atoms with Crippen LogP contribution in [0.15, 0.2) is 12.2 Å². The van der Waals surface area contributed by atoms with Gasteiger partial charge in [0.15, 0.2) is 0 Å². The van der Waals surface area contributed by atoms with Crippen molar-refractivity contribution >= 4 is 5.97 Å². The molecule has 0 aromatic rings. The molecule has 0 aliphatic heterocycles. The zero-order valence-electron chi connectivity index (χ0n) is 9.64. The largest absolute Gasteiger partial charge is 0.465 e. The van der Waals surface area contributed by atoms with Crippen LogP contribution in [0.3, 0.4) is 0 Å². The summed E-state index contributed by atoms with van der Waals surface area (Å²) in [6.07, 6.45) is 3.35. The summed E-state index contributed by atoms with van der Waals surface area (Å²) >= 11 is 0. The number of hydrogen-bond donors (Lipinski definition) is 0. The van der Waals surface area contributed by atoms with Gasteiger partial charge < -0.3 is 4.74 Å². The monoisotopic (exact) mass is 198 g/mol. The van der Waals surface area contributed by atoms with E-state index < -0.39 is 0 Å². The SMILES string of the molecule is C=C(C)CCOC(=O)CCCC(C)C. The van der Waals surface area contributed by atoms with Crippen molar-refractivity contribution in [2.45, 2.75) is 46.5 Å². The fraction of sp³-hybridized carbons (Fsp3) is 0.750. The van der Waals surface area contributed by atoms with Gasteiger partial charge >= 0.3 is 5.97 Å². The number of ether oxygens (including phenoxy) is 1. The molecule has 0 aliphatic rings. The zero-order chi connectivity index (χ0) is 11.0. The molecule has 0 amide bonds. The van der Waals surface area contributed by atoms with Crippen molar-refractivity contribution in [3.05, 3.63) is 12.2 Å². The summed E-state index contributed by atoms with van der Waals surface area (Å²) in [6.45, 7) is 10.5. The second-order valence-electron chi connectivity index (χ2n) is 4.21. The number of hydrogen-bond acceptors (Lipinski definition) is 2. The molecule has 0 rings (SSSR count). The average Bonchev–Trinajstić information content (AvgIpc) is 2.02. The van der Waals surface area contributed by atoms with E-state index in [1.54, 1.807) is 0 Å². The van der Waals surface area contributed by atoms with Crippen LogP contribution in [0.5, 0.6) is 0 Å². The van der Waals surface area contributed by atoms with Gasteiger partial charge in [-0.25, -0.2) is 0 Å². The van der Waals surface area contributed by atoms with Gasteiger partial charge in [0.25, 0.3) is 0 Å². The number of rotatable bonds is 7. The van der Waals surface area contributed by atoms with E-state index in [0.717, 1.165) is 24.8 Å². The Kier molecular flexibility index (Phi) is 7.17. The molecule has 2 heteroatoms. The van der Waals surface area contributed by atoms with Gasteiger partial charge in [0.05, 0.1) is 6.61 Å². The van der Waals surface area contributed by atoms with Crippen LogP contribution in [0.25, 0.3) is 0 Å². The van der Waals surface area contributed by atoms with Gasteiger partial charge in [0.2, 0.25) is 0 Å². The van der Waals surface area contributed by atoms with Gasteiger partial charge in [0, 0.05) is 12.8 Å². The molecule has 0 unspecified atom stereocenters. The molecule has 2 nitrogen and oxygen atoms in total. The molecule has 0 spiro atoms. The van der Waals surface area contributed by atoms with Gasteiger partial charge in [-0.15, -0.1) is 6.58 Å². The Balaban J connectivity index is 3.33. The van der Waals surface area contributed by atoms with E-state index in [0.29, 0.717) is 18.9 Å². The van der Waals surface area contributed by atoms with Crippen molar-refractivity contribution in [3.63, 3.8) is 0 Å². The smallest absolute Gasteiger partial charge is 0.305 e. The summed E-state index contributed by atoms with van der Waals surface area (Å²) in [5, 5.41) is 0. The maximum absolute atomic E-state index is 11.2. The first-order chi connectivity index (χ1) is 6.52. The molecule has 0 aromatic heterocycles. The third-order valence-electron chi connectivity index (χ3n) is 1.95. The van der Waals surface area contributed by atoms with Gasteiger partial charge in [-0.1, -0.05) is 25.8 Å². The standard InChI is InChI=1S/C12H22O2/c1-10(2)6-5-7-12(13)14-9-8-11(3)4/h10H,3,5-9H2,1-2,4H3. The molecule has 82 valence electrons. The normalized spacial score (nSPS) is 10.3. The zero-order valence-corrected chi connectivity index (χ0v) is 9.64. The molecule has 0 heterocycles. The van der Waals surface area contributed by atoms with Crippen LogP contribution in [0.4, 0.5) is 0 Å². The predicted molar refractivity (Wildman–Crippen MR) is 59.1 cm³/mol. The minimum absolute atomic E-state index is 0.0769. The summed E-state index contributed by atoms with van der Waals surface area (Å²) in [5.74, 6) is 0.588. The van der Waals surface area contributed by atoms with Crippen molar-refractivity contribution < 1.29 is 9.53 Å². The van der Waals surface area contributed by atoms with Crippen molar-refractivity contribution in [2.24, 2.45) is 5.92 Å². The molecule has 14 heavy (non-hydrogen) atoms. The maximum Gasteiger partial charge on any atom is 0.305 e. The molecule has 0 bridgehead atoms. The quantitative estimate of drug-likeness (QED) is 0.463. The molecule has 0 fully saturated rings. The Morgan fingerprint density at radius 1 is 1.36 bits per heavy atom. The minimum Gasteiger partial charge on any atom is -0.465 e. The van der Waals surface area contributed by atoms with Crippen LogP contribution in [-0.4, -0.2) is 12.6 Å². The van der Waals surface area contributed by atoms with E-state index in [1.807, 2.05) is 6.92 Å². The minimum atomic E-state index is -0.0769. The summed E-state index contributed by atoms with van der Waals surface area (Å²) in [7, 11) is 0. The second-order valence-corrected chi connectivity index (χ2v) is 4.21. The molecule has 0 saturated heterocycles. The fourth-order valence-electron chi connectivity index (χ4n) is 1.07. The Morgan fingerprint density at radius 3 is 2.50 bits per heavy atom. The van der Waals surface area contributed by atoms with Crippen LogP contribution in [0.1, 0.15) is 46.5 Å². The maximum atomic E-state index is 11.2. The fourth-order valence-corrected chi connectivity index (χ4v) is 1.07. The lowest BCUT2D eigenvalue weighted by Gasteiger charge is -2.05. The van der Waals surface area contributed by atoms with Crippen LogP contribution in [0, 0.1) is 5.92 Å². The van der Waals surface area contributed by atoms with Crippen LogP contribution < -0.4 is 0 Å². The van der Waals surface area contributed by atoms with E-state index in [1.165, 1.54) is 0 Å². The molecule has 0 saturated carbocycles. The molecule has 0 aromatic carbocycles. The van der Waals surface area contributed by atoms with Crippen LogP contribution >= 0.6 is 0 Å². The van der Waals surface area contributed by atoms with E-state index >= 15 is 0 Å². The third-order valence-corrected chi connectivity index (χ3v) is 1.95. The second kappa shape index (κ2) is 7.60. The van der Waals surface area contributed by atoms with E-state index in [2.05, 4.69) is 20.4 Å². The topological polar surface area (TPSA) is 26.3 Å². The summed E-state index contributed by atoms with van der Waals surface area (Å²) in [6, 6.07) is 0. The van der Waals surface area contributed by atoms with Crippen LogP contribution in [0.2, 0.25) is 0 Å². The highest BCUT2D eigenvalue weighted by Gasteiger charge is 2.03. The summed E-state index contributed by atoms with van der Waals surface area (Å²) in [5.41, 5.74) is 1.06. The van der Waals surface area contributed by atoms with Crippen LogP contribution in [-0.2, 0) is 9.53 Å². The van der Waals surface area contributed by atoms with Crippen molar-refractivity contribution in [1.29, 1.82) is 0 Å². The highest BCUT2D eigenvalue weighted by atomic mass is 16.5. The lowest BCUT2D eigenvalue weighted by Crippen LogP contribution is -2.06. The highest BCUT2D eigenvalue weighted by Crippen LogP contribution is 2.07. The van der Waals surface area contributed by atoms with E-state index in [-0.39, 0.29) is 5.97 Å². The van der Waals surface area contributed by atoms with Crippen molar-refractivity contribution in [2.75, 3.05) is 6.61 Å². The lowest BCUT2D eigenvalue weighted by molar-refractivity contribution is -0.143. The Hall–Kier alpha value is -0.790. The van der Waals surface area contributed by atoms with Crippen molar-refractivity contribution in [1.82, 2.24) is 0 Å². The number of esters is 1. The lowest BCUT2D eigenvalue weighted by atomic mass is 10.1. The summed E-state index contributed by atoms with van der Waals surface area (Å²) < 4.78 is 5.03. The highest BCUT2D eigenvalue weighted by molar-refractivity contribution is 5.69. The molecule has 0 aliphatic carbocycles.